The summed E-state index contributed by atoms with van der Waals surface area (Å²) in [6.45, 7) is 6.08. The van der Waals surface area contributed by atoms with E-state index in [0.717, 1.165) is 16.9 Å². The molecule has 0 spiro atoms. The van der Waals surface area contributed by atoms with Gasteiger partial charge in [0.25, 0.3) is 0 Å². The van der Waals surface area contributed by atoms with E-state index in [9.17, 15) is 9.59 Å². The summed E-state index contributed by atoms with van der Waals surface area (Å²) < 4.78 is 5.17. The van der Waals surface area contributed by atoms with E-state index in [1.54, 1.807) is 23.8 Å². The zero-order valence-electron chi connectivity index (χ0n) is 15.0. The quantitative estimate of drug-likeness (QED) is 0.857. The van der Waals surface area contributed by atoms with Gasteiger partial charge in [-0.1, -0.05) is 23.4 Å². The Morgan fingerprint density at radius 2 is 2.00 bits per heavy atom. The lowest BCUT2D eigenvalue weighted by Crippen LogP contribution is -2.44. The van der Waals surface area contributed by atoms with Crippen molar-refractivity contribution in [2.45, 2.75) is 39.2 Å². The molecule has 132 valence electrons. The molecule has 2 aromatic rings. The molecule has 3 rings (SSSR count). The lowest BCUT2D eigenvalue weighted by Gasteiger charge is -2.26. The van der Waals surface area contributed by atoms with E-state index >= 15 is 0 Å². The number of nitrogens with zero attached hydrogens (tertiary/aromatic N) is 3. The Balaban J connectivity index is 1.76. The number of benzene rings is 1. The molecule has 0 N–H and O–H groups in total. The predicted molar refractivity (Wildman–Crippen MR) is 94.4 cm³/mol. The predicted octanol–water partition coefficient (Wildman–Crippen LogP) is 2.66. The Kier molecular flexibility index (Phi) is 4.61. The number of aromatic nitrogens is 1. The van der Waals surface area contributed by atoms with Crippen molar-refractivity contribution in [3.8, 4) is 0 Å². The van der Waals surface area contributed by atoms with Crippen molar-refractivity contribution in [3.63, 3.8) is 0 Å². The number of hydrogen-bond acceptors (Lipinski definition) is 4. The van der Waals surface area contributed by atoms with Gasteiger partial charge in [0.05, 0.1) is 11.6 Å². The van der Waals surface area contributed by atoms with E-state index in [1.165, 1.54) is 0 Å². The average molecular weight is 341 g/mol. The van der Waals surface area contributed by atoms with Gasteiger partial charge >= 0.3 is 0 Å². The van der Waals surface area contributed by atoms with Crippen LogP contribution in [0.1, 0.15) is 36.3 Å². The normalized spacial score (nSPS) is 18.5. The number of aryl methyl sites for hydroxylation is 2. The van der Waals surface area contributed by atoms with Gasteiger partial charge in [0, 0.05) is 24.8 Å². The largest absolute Gasteiger partial charge is 0.361 e. The monoisotopic (exact) mass is 341 g/mol. The van der Waals surface area contributed by atoms with Crippen LogP contribution in [0.25, 0.3) is 0 Å². The Morgan fingerprint density at radius 3 is 2.60 bits per heavy atom. The molecule has 0 aliphatic carbocycles. The standard InChI is InChI=1S/C19H23N3O3/c1-12(17-13(2)20-25-14(17)3)18(23)21(4)16-10-11-22(19(16)24)15-8-6-5-7-9-15/h5-9,12,16H,10-11H2,1-4H3/t12-,16-/m0/s1. The third-order valence-corrected chi connectivity index (χ3v) is 4.95. The van der Waals surface area contributed by atoms with E-state index in [4.69, 9.17) is 4.52 Å². The molecule has 0 unspecified atom stereocenters. The van der Waals surface area contributed by atoms with Crippen molar-refractivity contribution < 1.29 is 14.1 Å². The second-order valence-electron chi connectivity index (χ2n) is 6.54. The van der Waals surface area contributed by atoms with Gasteiger partial charge in [-0.3, -0.25) is 9.59 Å². The second kappa shape index (κ2) is 6.70. The molecule has 1 aromatic carbocycles. The van der Waals surface area contributed by atoms with E-state index in [0.29, 0.717) is 18.7 Å². The van der Waals surface area contributed by atoms with Gasteiger partial charge in [-0.25, -0.2) is 0 Å². The van der Waals surface area contributed by atoms with Crippen molar-refractivity contribution in [2.75, 3.05) is 18.5 Å². The topological polar surface area (TPSA) is 66.7 Å². The highest BCUT2D eigenvalue weighted by Crippen LogP contribution is 2.28. The fourth-order valence-corrected chi connectivity index (χ4v) is 3.58. The number of anilines is 1. The molecule has 1 aromatic heterocycles. The molecule has 2 amide bonds. The molecule has 0 saturated carbocycles. The number of amides is 2. The maximum absolute atomic E-state index is 12.9. The molecule has 1 aliphatic heterocycles. The van der Waals surface area contributed by atoms with Crippen LogP contribution in [0.4, 0.5) is 5.69 Å². The van der Waals surface area contributed by atoms with Gasteiger partial charge < -0.3 is 14.3 Å². The molecule has 0 bridgehead atoms. The third-order valence-electron chi connectivity index (χ3n) is 4.95. The first-order chi connectivity index (χ1) is 11.9. The number of hydrogen-bond donors (Lipinski definition) is 0. The zero-order valence-corrected chi connectivity index (χ0v) is 15.0. The Hall–Kier alpha value is -2.63. The van der Waals surface area contributed by atoms with Crippen LogP contribution in [0.2, 0.25) is 0 Å². The summed E-state index contributed by atoms with van der Waals surface area (Å²) in [6.07, 6.45) is 0.629. The molecule has 1 saturated heterocycles. The van der Waals surface area contributed by atoms with Crippen LogP contribution in [-0.4, -0.2) is 41.5 Å². The second-order valence-corrected chi connectivity index (χ2v) is 6.54. The minimum atomic E-state index is -0.435. The van der Waals surface area contributed by atoms with E-state index in [-0.39, 0.29) is 11.8 Å². The molecule has 1 fully saturated rings. The lowest BCUT2D eigenvalue weighted by molar-refractivity contribution is -0.137. The zero-order chi connectivity index (χ0) is 18.1. The van der Waals surface area contributed by atoms with Crippen LogP contribution >= 0.6 is 0 Å². The number of likely N-dealkylation sites (N-methyl/N-ethyl adjacent to an activating group) is 1. The number of rotatable bonds is 4. The summed E-state index contributed by atoms with van der Waals surface area (Å²) in [4.78, 5) is 29.0. The van der Waals surface area contributed by atoms with Crippen molar-refractivity contribution in [3.05, 3.63) is 47.3 Å². The van der Waals surface area contributed by atoms with E-state index < -0.39 is 12.0 Å². The smallest absolute Gasteiger partial charge is 0.249 e. The summed E-state index contributed by atoms with van der Waals surface area (Å²) in [5.74, 6) is 0.126. The van der Waals surface area contributed by atoms with Gasteiger partial charge in [0.15, 0.2) is 0 Å². The lowest BCUT2D eigenvalue weighted by atomic mass is 9.97. The van der Waals surface area contributed by atoms with Crippen LogP contribution in [-0.2, 0) is 9.59 Å². The molecule has 2 atom stereocenters. The van der Waals surface area contributed by atoms with Crippen molar-refractivity contribution >= 4 is 17.5 Å². The summed E-state index contributed by atoms with van der Waals surface area (Å²) >= 11 is 0. The van der Waals surface area contributed by atoms with Gasteiger partial charge in [0.2, 0.25) is 11.8 Å². The molecule has 1 aliphatic rings. The summed E-state index contributed by atoms with van der Waals surface area (Å²) in [7, 11) is 1.70. The van der Waals surface area contributed by atoms with E-state index in [2.05, 4.69) is 5.16 Å². The van der Waals surface area contributed by atoms with Crippen LogP contribution in [0.15, 0.2) is 34.9 Å². The number of carbonyl (C=O) groups excluding carboxylic acids is 2. The Labute approximate surface area is 147 Å². The first kappa shape index (κ1) is 17.2. The van der Waals surface area contributed by atoms with Crippen LogP contribution < -0.4 is 4.90 Å². The van der Waals surface area contributed by atoms with Gasteiger partial charge in [-0.2, -0.15) is 0 Å². The SMILES string of the molecule is Cc1noc(C)c1[C@H](C)C(=O)N(C)[C@H]1CCN(c2ccccc2)C1=O. The summed E-state index contributed by atoms with van der Waals surface area (Å²) in [6, 6.07) is 9.12. The molecule has 6 nitrogen and oxygen atoms in total. The molecular weight excluding hydrogens is 318 g/mol. The van der Waals surface area contributed by atoms with Gasteiger partial charge in [-0.15, -0.1) is 0 Å². The van der Waals surface area contributed by atoms with Crippen LogP contribution in [0, 0.1) is 13.8 Å². The van der Waals surface area contributed by atoms with Crippen molar-refractivity contribution in [2.24, 2.45) is 0 Å². The first-order valence-corrected chi connectivity index (χ1v) is 8.47. The first-order valence-electron chi connectivity index (χ1n) is 8.47. The molecular formula is C19H23N3O3. The maximum Gasteiger partial charge on any atom is 0.249 e. The fraction of sp³-hybridized carbons (Fsp3) is 0.421. The highest BCUT2D eigenvalue weighted by Gasteiger charge is 2.39. The third kappa shape index (κ3) is 3.04. The minimum Gasteiger partial charge on any atom is -0.361 e. The Morgan fingerprint density at radius 1 is 1.32 bits per heavy atom. The maximum atomic E-state index is 12.9. The van der Waals surface area contributed by atoms with Gasteiger partial charge in [-0.05, 0) is 39.3 Å². The minimum absolute atomic E-state index is 0.0342. The molecule has 0 radical (unpaired) electrons. The molecule has 6 heteroatoms. The Bertz CT molecular complexity index is 765. The number of para-hydroxylation sites is 1. The van der Waals surface area contributed by atoms with Crippen LogP contribution in [0.3, 0.4) is 0 Å². The van der Waals surface area contributed by atoms with E-state index in [1.807, 2.05) is 44.2 Å². The van der Waals surface area contributed by atoms with Crippen molar-refractivity contribution in [1.82, 2.24) is 10.1 Å². The average Bonchev–Trinajstić information content (AvgIpc) is 3.16. The molecule has 2 heterocycles. The summed E-state index contributed by atoms with van der Waals surface area (Å²) in [5.41, 5.74) is 2.40. The van der Waals surface area contributed by atoms with Crippen molar-refractivity contribution in [1.29, 1.82) is 0 Å². The van der Waals surface area contributed by atoms with Crippen LogP contribution in [0.5, 0.6) is 0 Å². The number of carbonyl (C=O) groups is 2. The van der Waals surface area contributed by atoms with Gasteiger partial charge in [0.1, 0.15) is 11.8 Å². The fourth-order valence-electron chi connectivity index (χ4n) is 3.58. The highest BCUT2D eigenvalue weighted by atomic mass is 16.5. The molecule has 25 heavy (non-hydrogen) atoms. The highest BCUT2D eigenvalue weighted by molar-refractivity contribution is 6.01. The summed E-state index contributed by atoms with van der Waals surface area (Å²) in [5, 5.41) is 3.92.